The lowest BCUT2D eigenvalue weighted by Crippen LogP contribution is -2.51. The molecule has 0 radical (unpaired) electrons. The summed E-state index contributed by atoms with van der Waals surface area (Å²) in [5.74, 6) is -0.288. The van der Waals surface area contributed by atoms with Gasteiger partial charge in [0.1, 0.15) is 0 Å². The Balaban J connectivity index is 1.61. The molecule has 132 valence electrons. The summed E-state index contributed by atoms with van der Waals surface area (Å²) >= 11 is 0. The van der Waals surface area contributed by atoms with Gasteiger partial charge in [-0.15, -0.1) is 0 Å². The normalized spacial score (nSPS) is 31.3. The Morgan fingerprint density at radius 3 is 2.48 bits per heavy atom. The molecule has 1 spiro atoms. The van der Waals surface area contributed by atoms with E-state index < -0.39 is 5.79 Å². The van der Waals surface area contributed by atoms with Gasteiger partial charge in [0.2, 0.25) is 5.91 Å². The molecule has 1 amide bonds. The van der Waals surface area contributed by atoms with Crippen molar-refractivity contribution in [1.29, 1.82) is 0 Å². The van der Waals surface area contributed by atoms with E-state index >= 15 is 0 Å². The van der Waals surface area contributed by atoms with Gasteiger partial charge < -0.3 is 24.8 Å². The van der Waals surface area contributed by atoms with Crippen molar-refractivity contribution < 1.29 is 19.0 Å². The molecule has 1 aliphatic carbocycles. The first-order valence-electron chi connectivity index (χ1n) is 9.12. The van der Waals surface area contributed by atoms with Gasteiger partial charge in [0, 0.05) is 32.4 Å². The molecule has 3 aliphatic rings. The summed E-state index contributed by atoms with van der Waals surface area (Å²) in [7, 11) is 0. The molecule has 0 aromatic rings. The molecule has 2 aliphatic heterocycles. The average Bonchev–Trinajstić information content (AvgIpc) is 2.56. The molecule has 0 aromatic heterocycles. The number of morpholine rings is 1. The lowest BCUT2D eigenvalue weighted by atomic mass is 9.91. The summed E-state index contributed by atoms with van der Waals surface area (Å²) in [6.07, 6.45) is 7.54. The maximum Gasteiger partial charge on any atom is 0.225 e. The lowest BCUT2D eigenvalue weighted by Gasteiger charge is -2.47. The summed E-state index contributed by atoms with van der Waals surface area (Å²) in [4.78, 5) is 14.4. The predicted octanol–water partition coefficient (Wildman–Crippen LogP) is 1.42. The van der Waals surface area contributed by atoms with Crippen LogP contribution in [0.2, 0.25) is 0 Å². The number of carbonyl (C=O) groups excluding carboxylic acids is 1. The van der Waals surface area contributed by atoms with Gasteiger partial charge in [0.05, 0.1) is 31.8 Å². The zero-order valence-corrected chi connectivity index (χ0v) is 14.0. The zero-order chi connectivity index (χ0) is 16.1. The number of amides is 1. The van der Waals surface area contributed by atoms with Crippen molar-refractivity contribution in [3.05, 3.63) is 0 Å². The minimum atomic E-state index is -0.466. The fourth-order valence-electron chi connectivity index (χ4n) is 3.98. The summed E-state index contributed by atoms with van der Waals surface area (Å²) in [6, 6.07) is 0. The van der Waals surface area contributed by atoms with Crippen molar-refractivity contribution in [2.24, 2.45) is 5.73 Å². The number of hydrogen-bond acceptors (Lipinski definition) is 5. The second-order valence-corrected chi connectivity index (χ2v) is 6.96. The molecule has 6 heteroatoms. The topological polar surface area (TPSA) is 74.0 Å². The lowest BCUT2D eigenvalue weighted by molar-refractivity contribution is -0.328. The van der Waals surface area contributed by atoms with E-state index in [-0.39, 0.29) is 18.1 Å². The van der Waals surface area contributed by atoms with Gasteiger partial charge in [-0.2, -0.15) is 0 Å². The third kappa shape index (κ3) is 4.44. The molecule has 2 heterocycles. The number of nitrogens with two attached hydrogens (primary N) is 1. The van der Waals surface area contributed by atoms with Crippen LogP contribution in [0.5, 0.6) is 0 Å². The van der Waals surface area contributed by atoms with E-state index in [1.807, 2.05) is 4.90 Å². The highest BCUT2D eigenvalue weighted by Gasteiger charge is 2.43. The molecule has 1 saturated carbocycles. The van der Waals surface area contributed by atoms with Gasteiger partial charge in [0.25, 0.3) is 0 Å². The van der Waals surface area contributed by atoms with Gasteiger partial charge >= 0.3 is 0 Å². The van der Waals surface area contributed by atoms with Crippen LogP contribution in [0.25, 0.3) is 0 Å². The van der Waals surface area contributed by atoms with Gasteiger partial charge in [-0.3, -0.25) is 4.79 Å². The first kappa shape index (κ1) is 17.1. The Morgan fingerprint density at radius 1 is 1.09 bits per heavy atom. The smallest absolute Gasteiger partial charge is 0.225 e. The minimum Gasteiger partial charge on any atom is -0.378 e. The number of ether oxygens (including phenoxy) is 3. The third-order valence-corrected chi connectivity index (χ3v) is 5.16. The van der Waals surface area contributed by atoms with Gasteiger partial charge in [-0.25, -0.2) is 0 Å². The Kier molecular flexibility index (Phi) is 5.91. The Hall–Kier alpha value is -0.690. The molecule has 6 nitrogen and oxygen atoms in total. The van der Waals surface area contributed by atoms with Gasteiger partial charge in [0.15, 0.2) is 5.79 Å². The molecule has 0 aromatic carbocycles. The van der Waals surface area contributed by atoms with Crippen molar-refractivity contribution in [3.8, 4) is 0 Å². The maximum absolute atomic E-state index is 12.5. The van der Waals surface area contributed by atoms with E-state index in [4.69, 9.17) is 19.9 Å². The Bertz CT molecular complexity index is 392. The van der Waals surface area contributed by atoms with Crippen LogP contribution < -0.4 is 5.73 Å². The van der Waals surface area contributed by atoms with E-state index in [1.165, 1.54) is 6.42 Å². The summed E-state index contributed by atoms with van der Waals surface area (Å²) in [5.41, 5.74) is 5.73. The molecule has 0 unspecified atom stereocenters. The van der Waals surface area contributed by atoms with Gasteiger partial charge in [-0.1, -0.05) is 6.42 Å². The third-order valence-electron chi connectivity index (χ3n) is 5.16. The zero-order valence-electron chi connectivity index (χ0n) is 14.0. The van der Waals surface area contributed by atoms with Crippen LogP contribution in [0, 0.1) is 0 Å². The van der Waals surface area contributed by atoms with Crippen LogP contribution in [0.3, 0.4) is 0 Å². The molecule has 2 saturated heterocycles. The highest BCUT2D eigenvalue weighted by Crippen LogP contribution is 2.40. The SMILES string of the molecule is NCC[C@@H]1C[C@H](CC(=O)N2CCOCC2)OC2(CCCCC2)O1. The number of carbonyl (C=O) groups is 1. The molecule has 2 N–H and O–H groups in total. The summed E-state index contributed by atoms with van der Waals surface area (Å²) in [6.45, 7) is 3.28. The first-order valence-corrected chi connectivity index (χ1v) is 9.12. The van der Waals surface area contributed by atoms with Crippen molar-refractivity contribution in [2.45, 2.75) is 69.4 Å². The molecule has 23 heavy (non-hydrogen) atoms. The number of rotatable bonds is 4. The average molecular weight is 326 g/mol. The molecular formula is C17H30N2O4. The van der Waals surface area contributed by atoms with Crippen molar-refractivity contribution in [1.82, 2.24) is 4.90 Å². The van der Waals surface area contributed by atoms with E-state index in [0.29, 0.717) is 39.3 Å². The largest absolute Gasteiger partial charge is 0.378 e. The van der Waals surface area contributed by atoms with E-state index in [0.717, 1.165) is 38.5 Å². The van der Waals surface area contributed by atoms with Gasteiger partial charge in [-0.05, 0) is 25.8 Å². The first-order chi connectivity index (χ1) is 11.2. The second kappa shape index (κ2) is 7.92. The van der Waals surface area contributed by atoms with E-state index in [2.05, 4.69) is 0 Å². The van der Waals surface area contributed by atoms with Crippen LogP contribution in [0.1, 0.15) is 51.4 Å². The second-order valence-electron chi connectivity index (χ2n) is 6.96. The molecule has 3 fully saturated rings. The van der Waals surface area contributed by atoms with Crippen LogP contribution in [-0.2, 0) is 19.0 Å². The monoisotopic (exact) mass is 326 g/mol. The summed E-state index contributed by atoms with van der Waals surface area (Å²) in [5, 5.41) is 0. The quantitative estimate of drug-likeness (QED) is 0.846. The predicted molar refractivity (Wildman–Crippen MR) is 85.9 cm³/mol. The number of hydrogen-bond donors (Lipinski definition) is 1. The van der Waals surface area contributed by atoms with Crippen LogP contribution >= 0.6 is 0 Å². The maximum atomic E-state index is 12.5. The van der Waals surface area contributed by atoms with Crippen molar-refractivity contribution >= 4 is 5.91 Å². The van der Waals surface area contributed by atoms with Crippen LogP contribution in [-0.4, -0.2) is 61.7 Å². The van der Waals surface area contributed by atoms with E-state index in [9.17, 15) is 4.79 Å². The van der Waals surface area contributed by atoms with Crippen molar-refractivity contribution in [3.63, 3.8) is 0 Å². The fraction of sp³-hybridized carbons (Fsp3) is 0.941. The highest BCUT2D eigenvalue weighted by atomic mass is 16.7. The molecule has 2 atom stereocenters. The van der Waals surface area contributed by atoms with Crippen molar-refractivity contribution in [2.75, 3.05) is 32.8 Å². The minimum absolute atomic E-state index is 0.0475. The molecular weight excluding hydrogens is 296 g/mol. The standard InChI is InChI=1S/C17H30N2O4/c18-7-4-14-12-15(13-16(20)19-8-10-21-11-9-19)23-17(22-14)5-2-1-3-6-17/h14-15H,1-13,18H2/t14-,15-/m1/s1. The Morgan fingerprint density at radius 2 is 1.78 bits per heavy atom. The Labute approximate surface area is 138 Å². The molecule has 3 rings (SSSR count). The summed E-state index contributed by atoms with van der Waals surface area (Å²) < 4.78 is 17.9. The van der Waals surface area contributed by atoms with E-state index in [1.54, 1.807) is 0 Å². The fourth-order valence-corrected chi connectivity index (χ4v) is 3.98. The highest BCUT2D eigenvalue weighted by molar-refractivity contribution is 5.76. The van der Waals surface area contributed by atoms with Crippen LogP contribution in [0.15, 0.2) is 0 Å². The van der Waals surface area contributed by atoms with Crippen LogP contribution in [0.4, 0.5) is 0 Å². The number of nitrogens with zero attached hydrogens (tertiary/aromatic N) is 1. The molecule has 0 bridgehead atoms.